The zero-order valence-electron chi connectivity index (χ0n) is 18.6. The number of ether oxygens (including phenoxy) is 2. The third-order valence-electron chi connectivity index (χ3n) is 5.76. The molecule has 6 nitrogen and oxygen atoms in total. The van der Waals surface area contributed by atoms with Crippen LogP contribution in [0.15, 0.2) is 48.5 Å². The van der Waals surface area contributed by atoms with Gasteiger partial charge in [0.1, 0.15) is 6.04 Å². The van der Waals surface area contributed by atoms with E-state index in [0.717, 1.165) is 36.8 Å². The Hall–Kier alpha value is -3.02. The zero-order chi connectivity index (χ0) is 22.2. The van der Waals surface area contributed by atoms with Gasteiger partial charge in [0.05, 0.1) is 7.11 Å². The van der Waals surface area contributed by atoms with Crippen molar-refractivity contribution in [2.45, 2.75) is 58.2 Å². The molecule has 31 heavy (non-hydrogen) atoms. The topological polar surface area (TPSA) is 67.9 Å². The summed E-state index contributed by atoms with van der Waals surface area (Å²) >= 11 is 0. The Labute approximate surface area is 184 Å². The monoisotopic (exact) mass is 424 g/mol. The molecule has 2 aromatic carbocycles. The normalized spacial score (nSPS) is 14.7. The SMILES string of the molecule is COc1ccccc1OCC(=O)N(Cc1ccc(C)cc1)[C@H](C)C(=O)NC1CCCC1. The van der Waals surface area contributed by atoms with Crippen molar-refractivity contribution >= 4 is 11.8 Å². The molecular formula is C25H32N2O4. The standard InChI is InChI=1S/C25H32N2O4/c1-18-12-14-20(15-13-18)16-27(19(2)25(29)26-21-8-4-5-9-21)24(28)17-31-23-11-7-6-10-22(23)30-3/h6-7,10-15,19,21H,4-5,8-9,16-17H2,1-3H3,(H,26,29)/t19-/m1/s1. The van der Waals surface area contributed by atoms with Crippen molar-refractivity contribution in [1.29, 1.82) is 0 Å². The van der Waals surface area contributed by atoms with Crippen LogP contribution in [0.1, 0.15) is 43.7 Å². The molecule has 0 aromatic heterocycles. The van der Waals surface area contributed by atoms with Crippen LogP contribution in [0.25, 0.3) is 0 Å². The number of hydrogen-bond acceptors (Lipinski definition) is 4. The minimum atomic E-state index is -0.601. The molecule has 1 saturated carbocycles. The van der Waals surface area contributed by atoms with Crippen molar-refractivity contribution in [2.24, 2.45) is 0 Å². The number of hydrogen-bond donors (Lipinski definition) is 1. The largest absolute Gasteiger partial charge is 0.493 e. The van der Waals surface area contributed by atoms with Gasteiger partial charge in [-0.25, -0.2) is 0 Å². The van der Waals surface area contributed by atoms with Crippen LogP contribution in [0, 0.1) is 6.92 Å². The average Bonchev–Trinajstić information content (AvgIpc) is 3.29. The molecule has 1 aliphatic carbocycles. The molecule has 0 bridgehead atoms. The molecule has 0 spiro atoms. The van der Waals surface area contributed by atoms with E-state index in [1.54, 1.807) is 31.1 Å². The van der Waals surface area contributed by atoms with Crippen molar-refractivity contribution in [3.8, 4) is 11.5 Å². The number of carbonyl (C=O) groups excluding carboxylic acids is 2. The fourth-order valence-electron chi connectivity index (χ4n) is 3.83. The number of nitrogens with zero attached hydrogens (tertiary/aromatic N) is 1. The van der Waals surface area contributed by atoms with E-state index < -0.39 is 6.04 Å². The van der Waals surface area contributed by atoms with Crippen molar-refractivity contribution in [2.75, 3.05) is 13.7 Å². The number of methoxy groups -OCH3 is 1. The smallest absolute Gasteiger partial charge is 0.261 e. The van der Waals surface area contributed by atoms with Gasteiger partial charge in [-0.05, 0) is 44.4 Å². The van der Waals surface area contributed by atoms with Crippen LogP contribution in [0.4, 0.5) is 0 Å². The summed E-state index contributed by atoms with van der Waals surface area (Å²) in [5, 5.41) is 3.11. The summed E-state index contributed by atoms with van der Waals surface area (Å²) in [4.78, 5) is 27.6. The lowest BCUT2D eigenvalue weighted by molar-refractivity contribution is -0.142. The predicted molar refractivity (Wildman–Crippen MR) is 120 cm³/mol. The van der Waals surface area contributed by atoms with Crippen LogP contribution in [-0.2, 0) is 16.1 Å². The second kappa shape index (κ2) is 10.8. The van der Waals surface area contributed by atoms with Gasteiger partial charge in [-0.15, -0.1) is 0 Å². The summed E-state index contributed by atoms with van der Waals surface area (Å²) in [6.45, 7) is 3.96. The van der Waals surface area contributed by atoms with Crippen LogP contribution >= 0.6 is 0 Å². The van der Waals surface area contributed by atoms with E-state index in [0.29, 0.717) is 18.0 Å². The van der Waals surface area contributed by atoms with Gasteiger partial charge in [0, 0.05) is 12.6 Å². The minimum absolute atomic E-state index is 0.121. The van der Waals surface area contributed by atoms with Gasteiger partial charge >= 0.3 is 0 Å². The summed E-state index contributed by atoms with van der Waals surface area (Å²) in [5.41, 5.74) is 2.12. The maximum atomic E-state index is 13.2. The van der Waals surface area contributed by atoms with Gasteiger partial charge in [-0.1, -0.05) is 54.8 Å². The number of carbonyl (C=O) groups is 2. The first-order chi connectivity index (χ1) is 15.0. The zero-order valence-corrected chi connectivity index (χ0v) is 18.6. The number of rotatable bonds is 9. The Balaban J connectivity index is 1.72. The molecule has 0 saturated heterocycles. The fraction of sp³-hybridized carbons (Fsp3) is 0.440. The van der Waals surface area contributed by atoms with Crippen molar-refractivity contribution in [3.63, 3.8) is 0 Å². The second-order valence-electron chi connectivity index (χ2n) is 8.11. The Morgan fingerprint density at radius 3 is 2.35 bits per heavy atom. The van der Waals surface area contributed by atoms with Gasteiger partial charge in [0.15, 0.2) is 18.1 Å². The molecule has 1 fully saturated rings. The summed E-state index contributed by atoms with van der Waals surface area (Å²) in [7, 11) is 1.56. The summed E-state index contributed by atoms with van der Waals surface area (Å²) in [5.74, 6) is 0.689. The van der Waals surface area contributed by atoms with Crippen LogP contribution in [0.3, 0.4) is 0 Å². The lowest BCUT2D eigenvalue weighted by atomic mass is 10.1. The van der Waals surface area contributed by atoms with E-state index in [4.69, 9.17) is 9.47 Å². The Bertz CT molecular complexity index is 875. The van der Waals surface area contributed by atoms with E-state index >= 15 is 0 Å². The molecule has 6 heteroatoms. The van der Waals surface area contributed by atoms with Crippen LogP contribution in [0.2, 0.25) is 0 Å². The third kappa shape index (κ3) is 6.23. The number of nitrogens with one attached hydrogen (secondary N) is 1. The maximum absolute atomic E-state index is 13.2. The Morgan fingerprint density at radius 2 is 1.71 bits per heavy atom. The van der Waals surface area contributed by atoms with Crippen LogP contribution in [-0.4, -0.2) is 42.5 Å². The molecule has 2 amide bonds. The van der Waals surface area contributed by atoms with Gasteiger partial charge < -0.3 is 19.7 Å². The molecule has 3 rings (SSSR count). The highest BCUT2D eigenvalue weighted by molar-refractivity contribution is 5.88. The van der Waals surface area contributed by atoms with Crippen molar-refractivity contribution in [3.05, 3.63) is 59.7 Å². The molecule has 2 aromatic rings. The highest BCUT2D eigenvalue weighted by atomic mass is 16.5. The van der Waals surface area contributed by atoms with E-state index in [1.165, 1.54) is 0 Å². The van der Waals surface area contributed by atoms with E-state index in [-0.39, 0.29) is 24.5 Å². The average molecular weight is 425 g/mol. The van der Waals surface area contributed by atoms with Gasteiger partial charge in [0.25, 0.3) is 5.91 Å². The molecule has 1 N–H and O–H groups in total. The number of amides is 2. The lowest BCUT2D eigenvalue weighted by Gasteiger charge is -2.29. The van der Waals surface area contributed by atoms with Crippen LogP contribution in [0.5, 0.6) is 11.5 Å². The number of para-hydroxylation sites is 2. The van der Waals surface area contributed by atoms with Crippen molar-refractivity contribution < 1.29 is 19.1 Å². The molecule has 166 valence electrons. The van der Waals surface area contributed by atoms with Gasteiger partial charge in [0.2, 0.25) is 5.91 Å². The van der Waals surface area contributed by atoms with E-state index in [1.807, 2.05) is 43.3 Å². The number of benzene rings is 2. The van der Waals surface area contributed by atoms with Crippen molar-refractivity contribution in [1.82, 2.24) is 10.2 Å². The Kier molecular flexibility index (Phi) is 7.93. The van der Waals surface area contributed by atoms with Crippen LogP contribution < -0.4 is 14.8 Å². The lowest BCUT2D eigenvalue weighted by Crippen LogP contribution is -2.50. The Morgan fingerprint density at radius 1 is 1.06 bits per heavy atom. The van der Waals surface area contributed by atoms with Gasteiger partial charge in [-0.3, -0.25) is 9.59 Å². The molecule has 0 aliphatic heterocycles. The maximum Gasteiger partial charge on any atom is 0.261 e. The highest BCUT2D eigenvalue weighted by Crippen LogP contribution is 2.26. The second-order valence-corrected chi connectivity index (χ2v) is 8.11. The fourth-order valence-corrected chi connectivity index (χ4v) is 3.83. The summed E-state index contributed by atoms with van der Waals surface area (Å²) in [6, 6.07) is 14.8. The first-order valence-electron chi connectivity index (χ1n) is 10.9. The quantitative estimate of drug-likeness (QED) is 0.664. The molecular weight excluding hydrogens is 392 g/mol. The third-order valence-corrected chi connectivity index (χ3v) is 5.76. The minimum Gasteiger partial charge on any atom is -0.493 e. The molecule has 0 unspecified atom stereocenters. The molecule has 1 atom stereocenters. The number of aryl methyl sites for hydroxylation is 1. The first kappa shape index (κ1) is 22.7. The van der Waals surface area contributed by atoms with Gasteiger partial charge in [-0.2, -0.15) is 0 Å². The summed E-state index contributed by atoms with van der Waals surface area (Å²) < 4.78 is 11.0. The molecule has 1 aliphatic rings. The first-order valence-corrected chi connectivity index (χ1v) is 10.9. The van der Waals surface area contributed by atoms with E-state index in [9.17, 15) is 9.59 Å². The molecule has 0 heterocycles. The predicted octanol–water partition coefficient (Wildman–Crippen LogP) is 3.86. The molecule has 0 radical (unpaired) electrons. The summed E-state index contributed by atoms with van der Waals surface area (Å²) in [6.07, 6.45) is 4.28. The van der Waals surface area contributed by atoms with E-state index in [2.05, 4.69) is 5.32 Å². The highest BCUT2D eigenvalue weighted by Gasteiger charge is 2.28.